The fourth-order valence-corrected chi connectivity index (χ4v) is 4.65. The van der Waals surface area contributed by atoms with Crippen molar-refractivity contribution in [2.24, 2.45) is 0 Å². The summed E-state index contributed by atoms with van der Waals surface area (Å²) in [4.78, 5) is 15.7. The van der Waals surface area contributed by atoms with Crippen molar-refractivity contribution in [2.75, 3.05) is 30.3 Å². The number of fused-ring (bicyclic) bond motifs is 1. The molecule has 2 fully saturated rings. The Hall–Kier alpha value is -3.13. The molecular formula is C22H26N6O2. The number of nitrogens with two attached hydrogens (primary N) is 1. The van der Waals surface area contributed by atoms with Crippen LogP contribution in [0.4, 0.5) is 11.6 Å². The summed E-state index contributed by atoms with van der Waals surface area (Å²) in [6.07, 6.45) is 4.96. The van der Waals surface area contributed by atoms with Crippen LogP contribution in [0.1, 0.15) is 30.4 Å². The summed E-state index contributed by atoms with van der Waals surface area (Å²) >= 11 is 0. The SMILES string of the molecule is Cc1ccc(O)c(C)c1Oc1nc(N2CCC3(CCCN3)C2)cc2ncnc(N)c12. The molecule has 156 valence electrons. The molecule has 0 amide bonds. The summed E-state index contributed by atoms with van der Waals surface area (Å²) < 4.78 is 6.26. The van der Waals surface area contributed by atoms with Gasteiger partial charge in [-0.3, -0.25) is 0 Å². The number of phenolic OH excluding ortho intramolecular Hbond substituents is 1. The molecule has 5 rings (SSSR count). The van der Waals surface area contributed by atoms with E-state index in [2.05, 4.69) is 20.2 Å². The number of rotatable bonds is 3. The number of aromatic hydroxyl groups is 1. The largest absolute Gasteiger partial charge is 0.508 e. The molecule has 4 heterocycles. The Morgan fingerprint density at radius 3 is 2.90 bits per heavy atom. The van der Waals surface area contributed by atoms with Gasteiger partial charge in [-0.1, -0.05) is 6.07 Å². The van der Waals surface area contributed by atoms with E-state index in [1.54, 1.807) is 6.07 Å². The lowest BCUT2D eigenvalue weighted by atomic mass is 9.97. The first-order valence-corrected chi connectivity index (χ1v) is 10.3. The fraction of sp³-hybridized carbons (Fsp3) is 0.409. The van der Waals surface area contributed by atoms with Gasteiger partial charge in [-0.2, -0.15) is 4.98 Å². The van der Waals surface area contributed by atoms with Crippen LogP contribution < -0.4 is 20.7 Å². The number of hydrogen-bond donors (Lipinski definition) is 3. The van der Waals surface area contributed by atoms with E-state index in [0.29, 0.717) is 33.9 Å². The first-order valence-electron chi connectivity index (χ1n) is 10.3. The summed E-state index contributed by atoms with van der Waals surface area (Å²) in [7, 11) is 0. The summed E-state index contributed by atoms with van der Waals surface area (Å²) in [5.74, 6) is 2.24. The van der Waals surface area contributed by atoms with Gasteiger partial charge in [-0.25, -0.2) is 9.97 Å². The topological polar surface area (TPSA) is 109 Å². The molecule has 0 saturated carbocycles. The molecule has 8 nitrogen and oxygen atoms in total. The van der Waals surface area contributed by atoms with Crippen LogP contribution in [0.2, 0.25) is 0 Å². The number of pyridine rings is 1. The first-order chi connectivity index (χ1) is 14.5. The highest BCUT2D eigenvalue weighted by molar-refractivity contribution is 5.94. The smallest absolute Gasteiger partial charge is 0.234 e. The zero-order valence-electron chi connectivity index (χ0n) is 17.3. The minimum Gasteiger partial charge on any atom is -0.508 e. The highest BCUT2D eigenvalue weighted by Crippen LogP contribution is 2.39. The Bertz CT molecular complexity index is 1130. The van der Waals surface area contributed by atoms with Crippen LogP contribution in [0, 0.1) is 13.8 Å². The van der Waals surface area contributed by atoms with Crippen LogP contribution in [0.5, 0.6) is 17.4 Å². The summed E-state index contributed by atoms with van der Waals surface area (Å²) in [5, 5.41) is 14.4. The molecular weight excluding hydrogens is 380 g/mol. The molecule has 1 unspecified atom stereocenters. The van der Waals surface area contributed by atoms with Crippen LogP contribution in [0.15, 0.2) is 24.5 Å². The standard InChI is InChI=1S/C22H26N6O2/c1-13-4-5-16(29)14(2)19(13)30-21-18-15(24-12-25-20(18)23)10-17(27-21)28-9-7-22(11-28)6-3-8-26-22/h4-5,10,12,26,29H,3,6-9,11H2,1-2H3,(H2,23,24,25). The maximum Gasteiger partial charge on any atom is 0.234 e. The molecule has 2 aliphatic heterocycles. The van der Waals surface area contributed by atoms with Crippen LogP contribution >= 0.6 is 0 Å². The van der Waals surface area contributed by atoms with E-state index >= 15 is 0 Å². The van der Waals surface area contributed by atoms with Crippen LogP contribution in [-0.2, 0) is 0 Å². The van der Waals surface area contributed by atoms with E-state index < -0.39 is 0 Å². The minimum absolute atomic E-state index is 0.175. The first kappa shape index (κ1) is 18.9. The molecule has 1 spiro atoms. The second-order valence-corrected chi connectivity index (χ2v) is 8.38. The average molecular weight is 406 g/mol. The molecule has 30 heavy (non-hydrogen) atoms. The van der Waals surface area contributed by atoms with E-state index in [1.165, 1.54) is 19.2 Å². The quantitative estimate of drug-likeness (QED) is 0.609. The predicted molar refractivity (Wildman–Crippen MR) is 116 cm³/mol. The molecule has 2 aromatic heterocycles. The van der Waals surface area contributed by atoms with Crippen LogP contribution in [0.25, 0.3) is 10.9 Å². The van der Waals surface area contributed by atoms with Gasteiger partial charge in [0.1, 0.15) is 34.8 Å². The van der Waals surface area contributed by atoms with E-state index in [4.69, 9.17) is 15.5 Å². The maximum atomic E-state index is 10.2. The summed E-state index contributed by atoms with van der Waals surface area (Å²) in [5.41, 5.74) is 8.60. The zero-order chi connectivity index (χ0) is 20.9. The molecule has 8 heteroatoms. The van der Waals surface area contributed by atoms with E-state index in [9.17, 15) is 5.11 Å². The van der Waals surface area contributed by atoms with Crippen molar-refractivity contribution in [1.29, 1.82) is 0 Å². The normalized spacial score (nSPS) is 21.1. The number of nitrogens with one attached hydrogen (secondary N) is 1. The lowest BCUT2D eigenvalue weighted by Crippen LogP contribution is -2.42. The molecule has 3 aromatic rings. The van der Waals surface area contributed by atoms with Crippen molar-refractivity contribution in [3.8, 4) is 17.4 Å². The van der Waals surface area contributed by atoms with Gasteiger partial charge in [-0.05, 0) is 51.3 Å². The molecule has 0 bridgehead atoms. The average Bonchev–Trinajstić information content (AvgIpc) is 3.38. The molecule has 0 aliphatic carbocycles. The fourth-order valence-electron chi connectivity index (χ4n) is 4.65. The number of ether oxygens (including phenoxy) is 1. The number of benzene rings is 1. The second-order valence-electron chi connectivity index (χ2n) is 8.38. The molecule has 4 N–H and O–H groups in total. The van der Waals surface area contributed by atoms with Crippen molar-refractivity contribution in [3.05, 3.63) is 35.7 Å². The van der Waals surface area contributed by atoms with Crippen LogP contribution in [0.3, 0.4) is 0 Å². The maximum absolute atomic E-state index is 10.2. The van der Waals surface area contributed by atoms with Gasteiger partial charge in [0.2, 0.25) is 5.88 Å². The van der Waals surface area contributed by atoms with Crippen molar-refractivity contribution in [3.63, 3.8) is 0 Å². The Morgan fingerprint density at radius 1 is 1.23 bits per heavy atom. The van der Waals surface area contributed by atoms with Gasteiger partial charge in [0.15, 0.2) is 0 Å². The van der Waals surface area contributed by atoms with Crippen LogP contribution in [-0.4, -0.2) is 45.2 Å². The van der Waals surface area contributed by atoms with Gasteiger partial charge >= 0.3 is 0 Å². The lowest BCUT2D eigenvalue weighted by Gasteiger charge is -2.25. The van der Waals surface area contributed by atoms with Gasteiger partial charge in [0.25, 0.3) is 0 Å². The van der Waals surface area contributed by atoms with Gasteiger partial charge in [-0.15, -0.1) is 0 Å². The Kier molecular flexibility index (Phi) is 4.39. The van der Waals surface area contributed by atoms with Crippen molar-refractivity contribution in [2.45, 2.75) is 38.6 Å². The highest BCUT2D eigenvalue weighted by Gasteiger charge is 2.40. The van der Waals surface area contributed by atoms with Gasteiger partial charge in [0, 0.05) is 30.3 Å². The van der Waals surface area contributed by atoms with Gasteiger partial charge in [0.05, 0.1) is 5.52 Å². The van der Waals surface area contributed by atoms with E-state index in [-0.39, 0.29) is 11.3 Å². The summed E-state index contributed by atoms with van der Waals surface area (Å²) in [6.45, 7) is 6.67. The highest BCUT2D eigenvalue weighted by atomic mass is 16.5. The third kappa shape index (κ3) is 3.08. The number of nitrogens with zero attached hydrogens (tertiary/aromatic N) is 4. The Balaban J connectivity index is 1.60. The molecule has 2 saturated heterocycles. The lowest BCUT2D eigenvalue weighted by molar-refractivity contribution is 0.418. The Morgan fingerprint density at radius 2 is 2.10 bits per heavy atom. The third-order valence-electron chi connectivity index (χ3n) is 6.38. The second kappa shape index (κ2) is 6.98. The molecule has 1 aromatic carbocycles. The predicted octanol–water partition coefficient (Wildman–Crippen LogP) is 3.05. The minimum atomic E-state index is 0.175. The summed E-state index contributed by atoms with van der Waals surface area (Å²) in [6, 6.07) is 5.44. The van der Waals surface area contributed by atoms with Gasteiger partial charge < -0.3 is 25.8 Å². The number of aryl methyl sites for hydroxylation is 1. The molecule has 0 radical (unpaired) electrons. The number of anilines is 2. The Labute approximate surface area is 175 Å². The number of hydrogen-bond acceptors (Lipinski definition) is 8. The zero-order valence-corrected chi connectivity index (χ0v) is 17.3. The van der Waals surface area contributed by atoms with Crippen molar-refractivity contribution >= 4 is 22.5 Å². The number of phenols is 1. The monoisotopic (exact) mass is 406 g/mol. The number of nitrogen functional groups attached to an aromatic ring is 1. The molecule has 1 atom stereocenters. The van der Waals surface area contributed by atoms with E-state index in [1.807, 2.05) is 26.0 Å². The van der Waals surface area contributed by atoms with Crippen molar-refractivity contribution < 1.29 is 9.84 Å². The molecule has 2 aliphatic rings. The van der Waals surface area contributed by atoms with E-state index in [0.717, 1.165) is 37.4 Å². The number of aromatic nitrogens is 3. The van der Waals surface area contributed by atoms with Crippen molar-refractivity contribution in [1.82, 2.24) is 20.3 Å². The third-order valence-corrected chi connectivity index (χ3v) is 6.38.